The Morgan fingerprint density at radius 1 is 1.21 bits per heavy atom. The summed E-state index contributed by atoms with van der Waals surface area (Å²) in [5.41, 5.74) is 1.36. The fourth-order valence-corrected chi connectivity index (χ4v) is 4.00. The normalized spacial score (nSPS) is 14.0. The van der Waals surface area contributed by atoms with Crippen molar-refractivity contribution >= 4 is 39.9 Å². The summed E-state index contributed by atoms with van der Waals surface area (Å²) in [6.07, 6.45) is 5.36. The molecule has 0 bridgehead atoms. The molecule has 2 N–H and O–H groups in total. The van der Waals surface area contributed by atoms with Crippen LogP contribution >= 0.6 is 11.8 Å². The largest absolute Gasteiger partial charge is 0.492 e. The van der Waals surface area contributed by atoms with E-state index in [4.69, 9.17) is 11.2 Å². The van der Waals surface area contributed by atoms with Crippen LogP contribution in [0.4, 0.5) is 17.2 Å². The van der Waals surface area contributed by atoms with E-state index in [2.05, 4.69) is 31.4 Å². The number of non-ortho nitro benzene ring substituents is 1. The molecule has 9 nitrogen and oxygen atoms in total. The molecule has 3 aromatic rings. The Kier molecular flexibility index (Phi) is 7.57. The van der Waals surface area contributed by atoms with Gasteiger partial charge in [0, 0.05) is 55.9 Å². The van der Waals surface area contributed by atoms with Gasteiger partial charge in [-0.3, -0.25) is 15.0 Å². The molecule has 0 radical (unpaired) electrons. The number of nitro groups is 1. The van der Waals surface area contributed by atoms with E-state index >= 15 is 0 Å². The highest BCUT2D eigenvalue weighted by molar-refractivity contribution is 7.99. The van der Waals surface area contributed by atoms with E-state index in [0.29, 0.717) is 34.2 Å². The number of benzene rings is 2. The highest BCUT2D eigenvalue weighted by atomic mass is 32.2. The highest BCUT2D eigenvalue weighted by Crippen LogP contribution is 2.30. The summed E-state index contributed by atoms with van der Waals surface area (Å²) in [5, 5.41) is 18.9. The minimum atomic E-state index is -0.434. The molecule has 0 saturated carbocycles. The average Bonchev–Trinajstić information content (AvgIpc) is 2.84. The first-order valence-electron chi connectivity index (χ1n) is 10.6. The van der Waals surface area contributed by atoms with Crippen molar-refractivity contribution in [3.8, 4) is 18.1 Å². The molecule has 1 fully saturated rings. The number of hydrogen-bond acceptors (Lipinski definition) is 9. The Hall–Kier alpha value is -3.39. The van der Waals surface area contributed by atoms with Crippen LogP contribution in [0, 0.1) is 22.5 Å². The molecule has 33 heavy (non-hydrogen) atoms. The molecule has 4 rings (SSSR count). The van der Waals surface area contributed by atoms with Gasteiger partial charge < -0.3 is 15.4 Å². The zero-order valence-electron chi connectivity index (χ0n) is 18.0. The number of rotatable bonds is 9. The molecule has 1 aliphatic heterocycles. The van der Waals surface area contributed by atoms with Gasteiger partial charge in [-0.25, -0.2) is 9.97 Å². The third kappa shape index (κ3) is 6.10. The quantitative estimate of drug-likeness (QED) is 0.162. The number of nitrogens with one attached hydrogen (secondary N) is 2. The number of nitro benzene ring substituents is 1. The molecular formula is C23H24N6O3S. The van der Waals surface area contributed by atoms with Crippen LogP contribution in [-0.2, 0) is 0 Å². The zero-order valence-corrected chi connectivity index (χ0v) is 18.8. The molecule has 0 amide bonds. The third-order valence-corrected chi connectivity index (χ3v) is 5.91. The number of nitrogens with zero attached hydrogens (tertiary/aromatic N) is 4. The van der Waals surface area contributed by atoms with E-state index in [1.54, 1.807) is 6.07 Å². The van der Waals surface area contributed by atoms with Crippen LogP contribution < -0.4 is 15.4 Å². The summed E-state index contributed by atoms with van der Waals surface area (Å²) in [6.45, 7) is 5.64. The zero-order chi connectivity index (χ0) is 23.0. The van der Waals surface area contributed by atoms with Crippen molar-refractivity contribution in [3.63, 3.8) is 0 Å². The van der Waals surface area contributed by atoms with Crippen LogP contribution in [0.1, 0.15) is 0 Å². The van der Waals surface area contributed by atoms with E-state index in [0.717, 1.165) is 44.2 Å². The predicted octanol–water partition coefficient (Wildman–Crippen LogP) is 3.29. The van der Waals surface area contributed by atoms with Gasteiger partial charge in [0.1, 0.15) is 18.2 Å². The van der Waals surface area contributed by atoms with E-state index in [9.17, 15) is 10.1 Å². The van der Waals surface area contributed by atoms with Gasteiger partial charge in [-0.1, -0.05) is 17.7 Å². The summed E-state index contributed by atoms with van der Waals surface area (Å²) < 4.78 is 5.88. The molecule has 0 aliphatic carbocycles. The molecule has 2 heterocycles. The van der Waals surface area contributed by atoms with Gasteiger partial charge in [-0.05, 0) is 30.3 Å². The standard InChI is InChI=1S/C23H24N6O3S/c1-2-15-33-23-26-21-8-5-18(29(30)31)16-20(21)22(27-23)25-17-3-6-19(7-4-17)32-14-13-28-11-9-24-10-12-28/h1,3-8,16,24H,9-15H2,(H,25,26,27). The maximum absolute atomic E-state index is 11.2. The minimum Gasteiger partial charge on any atom is -0.492 e. The second kappa shape index (κ2) is 11.0. The summed E-state index contributed by atoms with van der Waals surface area (Å²) in [4.78, 5) is 22.2. The van der Waals surface area contributed by atoms with Gasteiger partial charge in [-0.2, -0.15) is 0 Å². The van der Waals surface area contributed by atoms with Crippen LogP contribution in [0.5, 0.6) is 5.75 Å². The Morgan fingerprint density at radius 3 is 2.73 bits per heavy atom. The number of fused-ring (bicyclic) bond motifs is 1. The first-order valence-corrected chi connectivity index (χ1v) is 11.6. The van der Waals surface area contributed by atoms with Crippen molar-refractivity contribution in [2.24, 2.45) is 0 Å². The van der Waals surface area contributed by atoms with Gasteiger partial charge in [-0.15, -0.1) is 6.42 Å². The Labute approximate surface area is 196 Å². The highest BCUT2D eigenvalue weighted by Gasteiger charge is 2.14. The summed E-state index contributed by atoms with van der Waals surface area (Å²) in [5.74, 6) is 4.25. The van der Waals surface area contributed by atoms with E-state index in [1.807, 2.05) is 24.3 Å². The maximum Gasteiger partial charge on any atom is 0.270 e. The Bertz CT molecular complexity index is 1160. The van der Waals surface area contributed by atoms with Crippen molar-refractivity contribution in [2.75, 3.05) is 50.4 Å². The third-order valence-electron chi connectivity index (χ3n) is 5.16. The fourth-order valence-electron chi connectivity index (χ4n) is 3.47. The first-order chi connectivity index (χ1) is 16.1. The average molecular weight is 465 g/mol. The molecular weight excluding hydrogens is 440 g/mol. The van der Waals surface area contributed by atoms with Crippen LogP contribution in [0.2, 0.25) is 0 Å². The minimum absolute atomic E-state index is 0.0218. The summed E-state index contributed by atoms with van der Waals surface area (Å²) >= 11 is 1.33. The number of thioether (sulfide) groups is 1. The van der Waals surface area contributed by atoms with E-state index in [1.165, 1.54) is 23.9 Å². The lowest BCUT2D eigenvalue weighted by Crippen LogP contribution is -2.44. The molecule has 2 aromatic carbocycles. The molecule has 0 spiro atoms. The van der Waals surface area contributed by atoms with Gasteiger partial charge in [0.05, 0.1) is 16.2 Å². The van der Waals surface area contributed by atoms with Crippen LogP contribution in [0.15, 0.2) is 47.6 Å². The van der Waals surface area contributed by atoms with E-state index < -0.39 is 4.92 Å². The smallest absolute Gasteiger partial charge is 0.270 e. The van der Waals surface area contributed by atoms with Gasteiger partial charge in [0.2, 0.25) is 0 Å². The molecule has 1 aromatic heterocycles. The number of anilines is 2. The molecule has 1 saturated heterocycles. The summed E-state index contributed by atoms with van der Waals surface area (Å²) in [6, 6.07) is 12.1. The van der Waals surface area contributed by atoms with Crippen molar-refractivity contribution in [2.45, 2.75) is 5.16 Å². The van der Waals surface area contributed by atoms with Gasteiger partial charge in [0.15, 0.2) is 5.16 Å². The predicted molar refractivity (Wildman–Crippen MR) is 130 cm³/mol. The number of hydrogen-bond donors (Lipinski definition) is 2. The van der Waals surface area contributed by atoms with Crippen LogP contribution in [-0.4, -0.2) is 64.9 Å². The molecule has 1 aliphatic rings. The monoisotopic (exact) mass is 464 g/mol. The second-order valence-corrected chi connectivity index (χ2v) is 8.34. The topological polar surface area (TPSA) is 105 Å². The van der Waals surface area contributed by atoms with Crippen molar-refractivity contribution in [1.82, 2.24) is 20.2 Å². The molecule has 0 unspecified atom stereocenters. The lowest BCUT2D eigenvalue weighted by atomic mass is 10.2. The fraction of sp³-hybridized carbons (Fsp3) is 0.304. The SMILES string of the molecule is C#CCSc1nc(Nc2ccc(OCCN3CCNCC3)cc2)c2cc([N+](=O)[O-])ccc2n1. The summed E-state index contributed by atoms with van der Waals surface area (Å²) in [7, 11) is 0. The van der Waals surface area contributed by atoms with Crippen LogP contribution in [0.25, 0.3) is 10.9 Å². The van der Waals surface area contributed by atoms with E-state index in [-0.39, 0.29) is 5.69 Å². The Balaban J connectivity index is 1.48. The Morgan fingerprint density at radius 2 is 2.00 bits per heavy atom. The molecule has 170 valence electrons. The lowest BCUT2D eigenvalue weighted by molar-refractivity contribution is -0.384. The maximum atomic E-state index is 11.2. The number of terminal acetylenes is 1. The molecule has 10 heteroatoms. The lowest BCUT2D eigenvalue weighted by Gasteiger charge is -2.26. The van der Waals surface area contributed by atoms with Crippen LogP contribution in [0.3, 0.4) is 0 Å². The van der Waals surface area contributed by atoms with Gasteiger partial charge >= 0.3 is 0 Å². The number of piperazine rings is 1. The van der Waals surface area contributed by atoms with Crippen molar-refractivity contribution in [1.29, 1.82) is 0 Å². The number of aromatic nitrogens is 2. The van der Waals surface area contributed by atoms with Gasteiger partial charge in [0.25, 0.3) is 5.69 Å². The molecule has 0 atom stereocenters. The second-order valence-electron chi connectivity index (χ2n) is 7.40. The van der Waals surface area contributed by atoms with Crippen molar-refractivity contribution in [3.05, 3.63) is 52.6 Å². The van der Waals surface area contributed by atoms with Crippen molar-refractivity contribution < 1.29 is 9.66 Å². The first kappa shape index (κ1) is 22.8. The number of ether oxygens (including phenoxy) is 1.